The number of aliphatic hydroxyl groups is 1. The van der Waals surface area contributed by atoms with E-state index in [4.69, 9.17) is 43.9 Å². The van der Waals surface area contributed by atoms with Gasteiger partial charge < -0.3 is 20.7 Å². The maximum atomic E-state index is 10.7. The van der Waals surface area contributed by atoms with Crippen LogP contribution >= 0.6 is 23.2 Å². The van der Waals surface area contributed by atoms with Crippen molar-refractivity contribution in [2.45, 2.75) is 0 Å². The number of carbonyl (C=O) groups is 1. The summed E-state index contributed by atoms with van der Waals surface area (Å²) in [6, 6.07) is 2.89. The van der Waals surface area contributed by atoms with Gasteiger partial charge in [0.15, 0.2) is 5.75 Å². The molecule has 4 N–H and O–H groups in total. The molecule has 0 aromatic heterocycles. The highest BCUT2D eigenvalue weighted by Gasteiger charge is 2.17. The molecule has 0 unspecified atom stereocenters. The summed E-state index contributed by atoms with van der Waals surface area (Å²) >= 11 is 11.4. The zero-order valence-corrected chi connectivity index (χ0v) is 10.6. The Morgan fingerprint density at radius 3 is 2.18 bits per heavy atom. The van der Waals surface area contributed by atoms with Gasteiger partial charge in [0.1, 0.15) is 5.56 Å². The largest absolute Gasteiger partial charge is 0.494 e. The summed E-state index contributed by atoms with van der Waals surface area (Å²) in [5.74, 6) is -1.08. The highest BCUT2D eigenvalue weighted by molar-refractivity contribution is 6.36. The second-order valence-electron chi connectivity index (χ2n) is 2.75. The molecule has 0 aliphatic heterocycles. The number of aliphatic hydroxyl groups excluding tert-OH is 1. The molecule has 0 amide bonds. The summed E-state index contributed by atoms with van der Waals surface area (Å²) in [4.78, 5) is 10.7. The van der Waals surface area contributed by atoms with Crippen molar-refractivity contribution < 1.29 is 19.7 Å². The van der Waals surface area contributed by atoms with Crippen molar-refractivity contribution in [2.24, 2.45) is 5.73 Å². The molecule has 0 aliphatic rings. The van der Waals surface area contributed by atoms with E-state index >= 15 is 0 Å². The molecular weight excluding hydrogens is 269 g/mol. The van der Waals surface area contributed by atoms with E-state index in [1.54, 1.807) is 0 Å². The lowest BCUT2D eigenvalue weighted by Crippen LogP contribution is -2.02. The van der Waals surface area contributed by atoms with Crippen LogP contribution in [0.1, 0.15) is 10.4 Å². The maximum absolute atomic E-state index is 10.7. The van der Waals surface area contributed by atoms with E-state index in [9.17, 15) is 4.79 Å². The number of ether oxygens (including phenoxy) is 1. The van der Waals surface area contributed by atoms with Crippen molar-refractivity contribution in [1.82, 2.24) is 0 Å². The van der Waals surface area contributed by atoms with Gasteiger partial charge in [-0.3, -0.25) is 0 Å². The zero-order valence-electron chi connectivity index (χ0n) is 9.11. The predicted octanol–water partition coefficient (Wildman–Crippen LogP) is 1.64. The van der Waals surface area contributed by atoms with Crippen LogP contribution in [0.2, 0.25) is 10.0 Å². The number of methoxy groups -OCH3 is 1. The van der Waals surface area contributed by atoms with Crippen molar-refractivity contribution in [3.63, 3.8) is 0 Å². The average Bonchev–Trinajstić information content (AvgIpc) is 2.31. The Bertz CT molecular complexity index is 383. The lowest BCUT2D eigenvalue weighted by atomic mass is 10.2. The van der Waals surface area contributed by atoms with Crippen LogP contribution in [0.3, 0.4) is 0 Å². The average molecular weight is 282 g/mol. The second-order valence-corrected chi connectivity index (χ2v) is 3.57. The molecule has 0 saturated carbocycles. The fourth-order valence-corrected chi connectivity index (χ4v) is 1.40. The highest BCUT2D eigenvalue weighted by atomic mass is 35.5. The first-order valence-corrected chi connectivity index (χ1v) is 5.31. The minimum atomic E-state index is -1.16. The van der Waals surface area contributed by atoms with Gasteiger partial charge in [-0.2, -0.15) is 0 Å². The summed E-state index contributed by atoms with van der Waals surface area (Å²) < 4.78 is 4.82. The van der Waals surface area contributed by atoms with Gasteiger partial charge in [0, 0.05) is 6.54 Å². The molecule has 0 fully saturated rings. The van der Waals surface area contributed by atoms with Crippen molar-refractivity contribution in [2.75, 3.05) is 20.3 Å². The summed E-state index contributed by atoms with van der Waals surface area (Å²) in [5, 5.41) is 16.9. The number of carboxylic acid groups (broad SMARTS) is 1. The van der Waals surface area contributed by atoms with E-state index in [0.717, 1.165) is 0 Å². The fraction of sp³-hybridized carbons (Fsp3) is 0.300. The van der Waals surface area contributed by atoms with Gasteiger partial charge in [-0.05, 0) is 12.1 Å². The predicted molar refractivity (Wildman–Crippen MR) is 66.1 cm³/mol. The molecule has 5 nitrogen and oxygen atoms in total. The molecule has 96 valence electrons. The lowest BCUT2D eigenvalue weighted by molar-refractivity contribution is 0.0693. The molecule has 7 heteroatoms. The third-order valence-corrected chi connectivity index (χ3v) is 2.22. The van der Waals surface area contributed by atoms with E-state index in [1.807, 2.05) is 0 Å². The van der Waals surface area contributed by atoms with Crippen LogP contribution in [0.25, 0.3) is 0 Å². The molecule has 1 aromatic rings. The van der Waals surface area contributed by atoms with E-state index in [0.29, 0.717) is 6.54 Å². The Kier molecular flexibility index (Phi) is 7.65. The summed E-state index contributed by atoms with van der Waals surface area (Å²) in [6.45, 7) is 0.472. The van der Waals surface area contributed by atoms with Gasteiger partial charge in [0.05, 0.1) is 23.8 Å². The van der Waals surface area contributed by atoms with Crippen LogP contribution < -0.4 is 10.5 Å². The third kappa shape index (κ3) is 4.79. The second kappa shape index (κ2) is 8.14. The van der Waals surface area contributed by atoms with Crippen LogP contribution in [-0.2, 0) is 0 Å². The Morgan fingerprint density at radius 2 is 1.88 bits per heavy atom. The number of hydrogen-bond donors (Lipinski definition) is 3. The van der Waals surface area contributed by atoms with Gasteiger partial charge in [-0.15, -0.1) is 0 Å². The first-order valence-electron chi connectivity index (χ1n) is 4.55. The van der Waals surface area contributed by atoms with E-state index < -0.39 is 5.97 Å². The number of rotatable bonds is 3. The van der Waals surface area contributed by atoms with Crippen LogP contribution in [0.15, 0.2) is 12.1 Å². The SMILES string of the molecule is COc1c(Cl)ccc(Cl)c1C(=O)O.NCCO. The van der Waals surface area contributed by atoms with Crippen molar-refractivity contribution >= 4 is 29.2 Å². The summed E-state index contributed by atoms with van der Waals surface area (Å²) in [5.41, 5.74) is 4.66. The standard InChI is InChI=1S/C8H6Cl2O3.C2H7NO/c1-13-7-5(10)3-2-4(9)6(7)8(11)12;3-1-2-4/h2-3H,1H3,(H,11,12);4H,1-3H2. The Balaban J connectivity index is 0.000000557. The van der Waals surface area contributed by atoms with Crippen molar-refractivity contribution in [3.05, 3.63) is 27.7 Å². The molecule has 0 bridgehead atoms. The minimum absolute atomic E-state index is 0.0849. The van der Waals surface area contributed by atoms with Crippen LogP contribution in [0, 0.1) is 0 Å². The first kappa shape index (κ1) is 16.0. The third-order valence-electron chi connectivity index (χ3n) is 1.61. The number of benzene rings is 1. The van der Waals surface area contributed by atoms with E-state index in [-0.39, 0.29) is 28.0 Å². The molecule has 1 rings (SSSR count). The monoisotopic (exact) mass is 281 g/mol. The molecule has 1 aromatic carbocycles. The minimum Gasteiger partial charge on any atom is -0.494 e. The fourth-order valence-electron chi connectivity index (χ4n) is 0.932. The van der Waals surface area contributed by atoms with Crippen LogP contribution in [0.4, 0.5) is 0 Å². The Hall–Kier alpha value is -1.01. The molecular formula is C10H13Cl2NO4. The smallest absolute Gasteiger partial charge is 0.341 e. The quantitative estimate of drug-likeness (QED) is 0.783. The maximum Gasteiger partial charge on any atom is 0.341 e. The number of nitrogens with two attached hydrogens (primary N) is 1. The number of hydrogen-bond acceptors (Lipinski definition) is 4. The lowest BCUT2D eigenvalue weighted by Gasteiger charge is -2.07. The molecule has 17 heavy (non-hydrogen) atoms. The van der Waals surface area contributed by atoms with Crippen LogP contribution in [0.5, 0.6) is 5.75 Å². The summed E-state index contributed by atoms with van der Waals surface area (Å²) in [6.07, 6.45) is 0. The Labute approximate surface area is 109 Å². The first-order chi connectivity index (χ1) is 7.99. The zero-order chi connectivity index (χ0) is 13.4. The number of aromatic carboxylic acids is 1. The Morgan fingerprint density at radius 1 is 1.41 bits per heavy atom. The topological polar surface area (TPSA) is 92.8 Å². The van der Waals surface area contributed by atoms with Crippen molar-refractivity contribution in [3.8, 4) is 5.75 Å². The molecule has 0 radical (unpaired) electrons. The van der Waals surface area contributed by atoms with Gasteiger partial charge >= 0.3 is 5.97 Å². The van der Waals surface area contributed by atoms with Crippen LogP contribution in [-0.4, -0.2) is 36.4 Å². The number of carboxylic acids is 1. The van der Waals surface area contributed by atoms with Gasteiger partial charge in [0.2, 0.25) is 0 Å². The highest BCUT2D eigenvalue weighted by Crippen LogP contribution is 2.33. The number of halogens is 2. The van der Waals surface area contributed by atoms with E-state index in [2.05, 4.69) is 0 Å². The normalized spacial score (nSPS) is 9.24. The van der Waals surface area contributed by atoms with E-state index in [1.165, 1.54) is 19.2 Å². The molecule has 0 spiro atoms. The van der Waals surface area contributed by atoms with Gasteiger partial charge in [-0.1, -0.05) is 23.2 Å². The molecule has 0 saturated heterocycles. The van der Waals surface area contributed by atoms with Crippen molar-refractivity contribution in [1.29, 1.82) is 0 Å². The molecule has 0 heterocycles. The molecule has 0 atom stereocenters. The van der Waals surface area contributed by atoms with Gasteiger partial charge in [-0.25, -0.2) is 4.79 Å². The van der Waals surface area contributed by atoms with Gasteiger partial charge in [0.25, 0.3) is 0 Å². The molecule has 0 aliphatic carbocycles. The summed E-state index contributed by atoms with van der Waals surface area (Å²) in [7, 11) is 1.34.